The van der Waals surface area contributed by atoms with Gasteiger partial charge in [-0.1, -0.05) is 27.2 Å². The van der Waals surface area contributed by atoms with Crippen LogP contribution in [0.2, 0.25) is 0 Å². The molecular formula is C14H12BrN3O2S. The quantitative estimate of drug-likeness (QED) is 0.744. The van der Waals surface area contributed by atoms with Crippen LogP contribution in [0.3, 0.4) is 0 Å². The number of nitrogen functional groups attached to an aromatic ring is 1. The molecule has 21 heavy (non-hydrogen) atoms. The number of carbonyl (C=O) groups excluding carboxylic acids is 1. The van der Waals surface area contributed by atoms with Gasteiger partial charge < -0.3 is 15.6 Å². The number of hydrogen-bond acceptors (Lipinski definition) is 5. The molecule has 0 aliphatic rings. The monoisotopic (exact) mass is 365 g/mol. The molecule has 3 N–H and O–H groups in total. The lowest BCUT2D eigenvalue weighted by molar-refractivity contribution is 0.0952. The average Bonchev–Trinajstić information content (AvgIpc) is 3.01. The Morgan fingerprint density at radius 2 is 2.33 bits per heavy atom. The number of nitrogens with zero attached hydrogens (tertiary/aromatic N) is 1. The Morgan fingerprint density at radius 1 is 1.52 bits per heavy atom. The van der Waals surface area contributed by atoms with Crippen LogP contribution in [0.5, 0.6) is 0 Å². The van der Waals surface area contributed by atoms with Crippen molar-refractivity contribution < 1.29 is 9.32 Å². The maximum Gasteiger partial charge on any atom is 0.263 e. The van der Waals surface area contributed by atoms with Crippen LogP contribution in [0.4, 0.5) is 5.69 Å². The van der Waals surface area contributed by atoms with Crippen LogP contribution >= 0.6 is 27.3 Å². The van der Waals surface area contributed by atoms with E-state index in [0.29, 0.717) is 16.3 Å². The summed E-state index contributed by atoms with van der Waals surface area (Å²) in [6, 6.07) is 7.55. The van der Waals surface area contributed by atoms with Crippen LogP contribution in [-0.4, -0.2) is 11.1 Å². The third-order valence-corrected chi connectivity index (χ3v) is 4.84. The number of carbonyl (C=O) groups is 1. The summed E-state index contributed by atoms with van der Waals surface area (Å²) in [7, 11) is 0. The predicted molar refractivity (Wildman–Crippen MR) is 86.3 cm³/mol. The molecule has 0 saturated heterocycles. The second kappa shape index (κ2) is 5.50. The molecule has 3 rings (SSSR count). The van der Waals surface area contributed by atoms with E-state index in [1.165, 1.54) is 11.3 Å². The molecule has 0 bridgehead atoms. The van der Waals surface area contributed by atoms with Gasteiger partial charge in [0.2, 0.25) is 0 Å². The van der Waals surface area contributed by atoms with Crippen LogP contribution in [0.1, 0.15) is 21.1 Å². The highest BCUT2D eigenvalue weighted by Gasteiger charge is 2.18. The van der Waals surface area contributed by atoms with Crippen molar-refractivity contribution in [1.29, 1.82) is 0 Å². The molecule has 0 fully saturated rings. The molecule has 2 heterocycles. The van der Waals surface area contributed by atoms with Crippen molar-refractivity contribution in [3.8, 4) is 0 Å². The zero-order chi connectivity index (χ0) is 15.0. The van der Waals surface area contributed by atoms with Crippen LogP contribution in [0.25, 0.3) is 10.1 Å². The summed E-state index contributed by atoms with van der Waals surface area (Å²) in [6.45, 7) is 2.12. The fraction of sp³-hybridized carbons (Fsp3) is 0.143. The van der Waals surface area contributed by atoms with Crippen molar-refractivity contribution in [2.45, 2.75) is 13.5 Å². The van der Waals surface area contributed by atoms with E-state index < -0.39 is 0 Å². The Kier molecular flexibility index (Phi) is 3.69. The first kappa shape index (κ1) is 14.1. The maximum absolute atomic E-state index is 12.3. The van der Waals surface area contributed by atoms with Gasteiger partial charge in [0.1, 0.15) is 4.88 Å². The molecule has 0 aliphatic heterocycles. The van der Waals surface area contributed by atoms with E-state index >= 15 is 0 Å². The normalized spacial score (nSPS) is 11.0. The minimum atomic E-state index is -0.213. The summed E-state index contributed by atoms with van der Waals surface area (Å²) in [4.78, 5) is 12.8. The summed E-state index contributed by atoms with van der Waals surface area (Å²) in [5, 5.41) is 7.45. The Bertz CT molecular complexity index is 825. The van der Waals surface area contributed by atoms with Crippen molar-refractivity contribution in [2.75, 3.05) is 5.73 Å². The van der Waals surface area contributed by atoms with Gasteiger partial charge in [-0.15, -0.1) is 11.3 Å². The van der Waals surface area contributed by atoms with Gasteiger partial charge in [0.05, 0.1) is 17.9 Å². The molecule has 0 aliphatic carbocycles. The van der Waals surface area contributed by atoms with E-state index in [-0.39, 0.29) is 12.5 Å². The predicted octanol–water partition coefficient (Wildman–Crippen LogP) is 3.47. The zero-order valence-corrected chi connectivity index (χ0v) is 13.5. The maximum atomic E-state index is 12.3. The molecule has 0 spiro atoms. The molecule has 1 aromatic carbocycles. The van der Waals surface area contributed by atoms with Crippen molar-refractivity contribution in [1.82, 2.24) is 10.5 Å². The Labute approximate surface area is 133 Å². The molecular weight excluding hydrogens is 354 g/mol. The van der Waals surface area contributed by atoms with Gasteiger partial charge in [0.15, 0.2) is 5.76 Å². The van der Waals surface area contributed by atoms with Crippen LogP contribution in [0.15, 0.2) is 33.3 Å². The smallest absolute Gasteiger partial charge is 0.263 e. The third kappa shape index (κ3) is 2.66. The van der Waals surface area contributed by atoms with Gasteiger partial charge in [-0.3, -0.25) is 4.79 Å². The molecule has 0 saturated carbocycles. The van der Waals surface area contributed by atoms with Gasteiger partial charge in [-0.05, 0) is 19.1 Å². The summed E-state index contributed by atoms with van der Waals surface area (Å²) in [5.41, 5.74) is 7.37. The standard InChI is InChI=1S/C14H12BrN3O2S/c1-7-5-8(20-18-7)6-17-14(19)13-12(16)11-9(15)3-2-4-10(11)21-13/h2-5H,6,16H2,1H3,(H,17,19). The number of aryl methyl sites for hydroxylation is 1. The first-order valence-electron chi connectivity index (χ1n) is 6.23. The fourth-order valence-electron chi connectivity index (χ4n) is 2.05. The number of thiophene rings is 1. The van der Waals surface area contributed by atoms with Gasteiger partial charge in [0, 0.05) is 20.6 Å². The van der Waals surface area contributed by atoms with Gasteiger partial charge >= 0.3 is 0 Å². The van der Waals surface area contributed by atoms with Gasteiger partial charge in [-0.2, -0.15) is 0 Å². The molecule has 2 aromatic heterocycles. The number of hydrogen-bond donors (Lipinski definition) is 2. The van der Waals surface area contributed by atoms with E-state index in [4.69, 9.17) is 10.3 Å². The molecule has 0 radical (unpaired) electrons. The number of amides is 1. The molecule has 3 aromatic rings. The molecule has 1 amide bonds. The molecule has 0 unspecified atom stereocenters. The summed E-state index contributed by atoms with van der Waals surface area (Å²) < 4.78 is 6.92. The fourth-order valence-corrected chi connectivity index (χ4v) is 3.82. The van der Waals surface area contributed by atoms with E-state index in [1.807, 2.05) is 25.1 Å². The second-order valence-corrected chi connectivity index (χ2v) is 6.48. The van der Waals surface area contributed by atoms with E-state index in [1.54, 1.807) is 6.07 Å². The molecule has 0 atom stereocenters. The number of rotatable bonds is 3. The minimum absolute atomic E-state index is 0.213. The summed E-state index contributed by atoms with van der Waals surface area (Å²) in [5.74, 6) is 0.399. The minimum Gasteiger partial charge on any atom is -0.397 e. The molecule has 7 heteroatoms. The number of fused-ring (bicyclic) bond motifs is 1. The molecule has 108 valence electrons. The average molecular weight is 366 g/mol. The van der Waals surface area contributed by atoms with Gasteiger partial charge in [-0.25, -0.2) is 0 Å². The number of halogens is 1. The van der Waals surface area contributed by atoms with Crippen molar-refractivity contribution in [3.63, 3.8) is 0 Å². The number of nitrogens with two attached hydrogens (primary N) is 1. The highest BCUT2D eigenvalue weighted by molar-refractivity contribution is 9.10. The molecule has 5 nitrogen and oxygen atoms in total. The lowest BCUT2D eigenvalue weighted by Crippen LogP contribution is -2.22. The number of aromatic nitrogens is 1. The topological polar surface area (TPSA) is 81.2 Å². The zero-order valence-electron chi connectivity index (χ0n) is 11.1. The number of anilines is 1. The Balaban J connectivity index is 1.84. The van der Waals surface area contributed by atoms with E-state index in [0.717, 1.165) is 20.3 Å². The van der Waals surface area contributed by atoms with Crippen molar-refractivity contribution in [3.05, 3.63) is 45.1 Å². The number of benzene rings is 1. The first-order chi connectivity index (χ1) is 10.1. The highest BCUT2D eigenvalue weighted by Crippen LogP contribution is 2.38. The summed E-state index contributed by atoms with van der Waals surface area (Å²) >= 11 is 4.83. The van der Waals surface area contributed by atoms with Crippen LogP contribution in [-0.2, 0) is 6.54 Å². The second-order valence-electron chi connectivity index (χ2n) is 4.58. The number of nitrogens with one attached hydrogen (secondary N) is 1. The Morgan fingerprint density at radius 3 is 3.00 bits per heavy atom. The van der Waals surface area contributed by atoms with E-state index in [2.05, 4.69) is 26.4 Å². The third-order valence-electron chi connectivity index (χ3n) is 3.01. The van der Waals surface area contributed by atoms with Crippen molar-refractivity contribution >= 4 is 48.9 Å². The van der Waals surface area contributed by atoms with Gasteiger partial charge in [0.25, 0.3) is 5.91 Å². The first-order valence-corrected chi connectivity index (χ1v) is 7.84. The largest absolute Gasteiger partial charge is 0.397 e. The highest BCUT2D eigenvalue weighted by atomic mass is 79.9. The lowest BCUT2D eigenvalue weighted by atomic mass is 10.2. The summed E-state index contributed by atoms with van der Waals surface area (Å²) in [6.07, 6.45) is 0. The van der Waals surface area contributed by atoms with Crippen LogP contribution in [0, 0.1) is 6.92 Å². The Hall–Kier alpha value is -1.86. The van der Waals surface area contributed by atoms with Crippen molar-refractivity contribution in [2.24, 2.45) is 0 Å². The van der Waals surface area contributed by atoms with Crippen LogP contribution < -0.4 is 11.1 Å². The van der Waals surface area contributed by atoms with E-state index in [9.17, 15) is 4.79 Å². The lowest BCUT2D eigenvalue weighted by Gasteiger charge is -2.01. The SMILES string of the molecule is Cc1cc(CNC(=O)c2sc3cccc(Br)c3c2N)on1.